The summed E-state index contributed by atoms with van der Waals surface area (Å²) in [6, 6.07) is 8.59. The van der Waals surface area contributed by atoms with Crippen LogP contribution in [0.4, 0.5) is 10.1 Å². The number of likely N-dealkylation sites (tertiary alicyclic amines) is 1. The molecule has 0 unspecified atom stereocenters. The first-order valence-electron chi connectivity index (χ1n) is 12.9. The van der Waals surface area contributed by atoms with E-state index in [9.17, 15) is 14.3 Å². The highest BCUT2D eigenvalue weighted by atomic mass is 35.5. The first-order chi connectivity index (χ1) is 17.5. The third kappa shape index (κ3) is 5.40. The topological polar surface area (TPSA) is 53.0 Å². The maximum absolute atomic E-state index is 14.9. The highest BCUT2D eigenvalue weighted by Crippen LogP contribution is 2.46. The molecule has 1 aliphatic carbocycles. The van der Waals surface area contributed by atoms with Gasteiger partial charge >= 0.3 is 5.97 Å². The number of piperidine rings is 1. The number of benzene rings is 2. The molecular formula is C28H32Cl3FN2O3. The minimum Gasteiger partial charge on any atom is -0.484 e. The second-order valence-electron chi connectivity index (χ2n) is 11.2. The molecule has 9 heteroatoms. The number of halogens is 4. The van der Waals surface area contributed by atoms with Gasteiger partial charge < -0.3 is 19.6 Å². The van der Waals surface area contributed by atoms with Crippen molar-refractivity contribution in [2.75, 3.05) is 31.1 Å². The van der Waals surface area contributed by atoms with E-state index in [-0.39, 0.29) is 10.8 Å². The van der Waals surface area contributed by atoms with Gasteiger partial charge in [-0.05, 0) is 76.1 Å². The molecule has 0 amide bonds. The van der Waals surface area contributed by atoms with E-state index in [1.54, 1.807) is 18.2 Å². The van der Waals surface area contributed by atoms with Crippen LogP contribution in [-0.4, -0.2) is 48.2 Å². The monoisotopic (exact) mass is 568 g/mol. The highest BCUT2D eigenvalue weighted by Gasteiger charge is 2.49. The summed E-state index contributed by atoms with van der Waals surface area (Å²) in [6.45, 7) is 7.31. The minimum absolute atomic E-state index is 0.215. The second kappa shape index (κ2) is 10.4. The average Bonchev–Trinajstić information content (AvgIpc) is 2.78. The first kappa shape index (κ1) is 26.9. The Bertz CT molecular complexity index is 1180. The number of hydrogen-bond donors (Lipinski definition) is 1. The van der Waals surface area contributed by atoms with E-state index < -0.39 is 17.5 Å². The predicted octanol–water partition coefficient (Wildman–Crippen LogP) is 7.33. The van der Waals surface area contributed by atoms with Gasteiger partial charge in [-0.1, -0.05) is 40.9 Å². The number of rotatable bonds is 7. The van der Waals surface area contributed by atoms with Crippen LogP contribution in [0.2, 0.25) is 15.1 Å². The number of carbonyl (C=O) groups is 1. The molecule has 2 aliphatic heterocycles. The Morgan fingerprint density at radius 3 is 2.51 bits per heavy atom. The Labute approximate surface area is 232 Å². The zero-order valence-electron chi connectivity index (χ0n) is 21.0. The van der Waals surface area contributed by atoms with Gasteiger partial charge in [0, 0.05) is 47.4 Å². The summed E-state index contributed by atoms with van der Waals surface area (Å²) in [5.74, 6) is 0.391. The van der Waals surface area contributed by atoms with Crippen molar-refractivity contribution in [1.29, 1.82) is 0 Å². The van der Waals surface area contributed by atoms with Crippen LogP contribution in [0.25, 0.3) is 0 Å². The number of carboxylic acid groups (broad SMARTS) is 1. The van der Waals surface area contributed by atoms with Gasteiger partial charge in [-0.25, -0.2) is 4.39 Å². The fourth-order valence-corrected chi connectivity index (χ4v) is 6.87. The maximum Gasteiger partial charge on any atom is 0.309 e. The molecule has 0 spiro atoms. The molecule has 3 aliphatic rings. The molecule has 3 fully saturated rings. The van der Waals surface area contributed by atoms with Crippen molar-refractivity contribution in [2.24, 2.45) is 17.3 Å². The highest BCUT2D eigenvalue weighted by molar-refractivity contribution is 6.35. The second-order valence-corrected chi connectivity index (χ2v) is 12.4. The number of aliphatic carboxylic acids is 1. The standard InChI is InChI=1S/C28H32Cl3FN2O3/c1-16(21-6-5-19(29)8-22(21)30)37-26-10-25(24(32)9-23(26)31)34-14-18(15-34)17-4-3-7-33(13-17)20-11-28(2,12-20)27(35)36/h5-6,8-10,16-18,20H,3-4,7,11-15H2,1-2H3,(H,35,36)/t16-,17+,20?,28?/m1/s1. The number of anilines is 1. The van der Waals surface area contributed by atoms with Crippen molar-refractivity contribution in [1.82, 2.24) is 4.90 Å². The van der Waals surface area contributed by atoms with E-state index in [0.29, 0.717) is 39.4 Å². The molecule has 0 bridgehead atoms. The predicted molar refractivity (Wildman–Crippen MR) is 146 cm³/mol. The van der Waals surface area contributed by atoms with Crippen LogP contribution >= 0.6 is 34.8 Å². The molecule has 0 aromatic heterocycles. The first-order valence-corrected chi connectivity index (χ1v) is 14.0. The van der Waals surface area contributed by atoms with Gasteiger partial charge in [0.2, 0.25) is 0 Å². The minimum atomic E-state index is -0.689. The molecule has 5 nitrogen and oxygen atoms in total. The van der Waals surface area contributed by atoms with Crippen molar-refractivity contribution in [3.05, 3.63) is 56.8 Å². The molecule has 1 N–H and O–H groups in total. The lowest BCUT2D eigenvalue weighted by Gasteiger charge is -2.52. The van der Waals surface area contributed by atoms with Gasteiger partial charge in [-0.3, -0.25) is 4.79 Å². The van der Waals surface area contributed by atoms with Crippen molar-refractivity contribution in [3.63, 3.8) is 0 Å². The van der Waals surface area contributed by atoms with E-state index in [1.807, 2.05) is 24.8 Å². The van der Waals surface area contributed by atoms with Crippen LogP contribution in [0.1, 0.15) is 51.2 Å². The molecule has 2 heterocycles. The number of nitrogens with zero attached hydrogens (tertiary/aromatic N) is 2. The Kier molecular flexibility index (Phi) is 7.58. The summed E-state index contributed by atoms with van der Waals surface area (Å²) in [6.07, 6.45) is 3.34. The Morgan fingerprint density at radius 2 is 1.84 bits per heavy atom. The molecule has 2 atom stereocenters. The fourth-order valence-electron chi connectivity index (χ4n) is 6.11. The summed E-state index contributed by atoms with van der Waals surface area (Å²) >= 11 is 18.7. The maximum atomic E-state index is 14.9. The lowest BCUT2D eigenvalue weighted by molar-refractivity contribution is -0.158. The summed E-state index contributed by atoms with van der Waals surface area (Å²) in [5.41, 5.74) is 0.690. The van der Waals surface area contributed by atoms with Gasteiger partial charge in [0.15, 0.2) is 0 Å². The van der Waals surface area contributed by atoms with Gasteiger partial charge in [0.05, 0.1) is 16.1 Å². The largest absolute Gasteiger partial charge is 0.484 e. The van der Waals surface area contributed by atoms with Crippen LogP contribution in [0.3, 0.4) is 0 Å². The van der Waals surface area contributed by atoms with Crippen molar-refractivity contribution >= 4 is 46.5 Å². The van der Waals surface area contributed by atoms with E-state index in [4.69, 9.17) is 39.5 Å². The van der Waals surface area contributed by atoms with Crippen LogP contribution in [0.15, 0.2) is 30.3 Å². The van der Waals surface area contributed by atoms with Gasteiger partial charge in [-0.15, -0.1) is 0 Å². The molecule has 2 aromatic carbocycles. The zero-order valence-corrected chi connectivity index (χ0v) is 23.3. The van der Waals surface area contributed by atoms with E-state index in [0.717, 1.165) is 57.4 Å². The summed E-state index contributed by atoms with van der Waals surface area (Å²) in [4.78, 5) is 16.0. The molecule has 1 saturated carbocycles. The van der Waals surface area contributed by atoms with Crippen LogP contribution < -0.4 is 9.64 Å². The van der Waals surface area contributed by atoms with Crippen molar-refractivity contribution in [2.45, 2.75) is 51.7 Å². The smallest absolute Gasteiger partial charge is 0.309 e. The van der Waals surface area contributed by atoms with E-state index >= 15 is 0 Å². The lowest BCUT2D eigenvalue weighted by atomic mass is 9.65. The molecule has 200 valence electrons. The molecule has 0 radical (unpaired) electrons. The SMILES string of the molecule is C[C@@H](Oc1cc(N2CC([C@H]3CCCN(C4CC(C)(C(=O)O)C4)C3)C2)c(F)cc1Cl)c1ccc(Cl)cc1Cl. The van der Waals surface area contributed by atoms with Crippen molar-refractivity contribution < 1.29 is 19.0 Å². The lowest BCUT2D eigenvalue weighted by Crippen LogP contribution is -2.58. The third-order valence-corrected chi connectivity index (χ3v) is 9.37. The van der Waals surface area contributed by atoms with Crippen molar-refractivity contribution in [3.8, 4) is 5.75 Å². The molecule has 37 heavy (non-hydrogen) atoms. The van der Waals surface area contributed by atoms with E-state index in [1.165, 1.54) is 6.07 Å². The van der Waals surface area contributed by atoms with Gasteiger partial charge in [-0.2, -0.15) is 0 Å². The van der Waals surface area contributed by atoms with Gasteiger partial charge in [0.25, 0.3) is 0 Å². The molecular weight excluding hydrogens is 538 g/mol. The summed E-state index contributed by atoms with van der Waals surface area (Å²) in [5, 5.41) is 10.7. The Hall–Kier alpha value is -1.73. The number of hydrogen-bond acceptors (Lipinski definition) is 4. The van der Waals surface area contributed by atoms with Crippen LogP contribution in [0, 0.1) is 23.1 Å². The van der Waals surface area contributed by atoms with Gasteiger partial charge in [0.1, 0.15) is 17.7 Å². The Morgan fingerprint density at radius 1 is 1.11 bits per heavy atom. The van der Waals surface area contributed by atoms with Crippen LogP contribution in [0.5, 0.6) is 5.75 Å². The Balaban J connectivity index is 1.20. The summed E-state index contributed by atoms with van der Waals surface area (Å²) < 4.78 is 21.0. The molecule has 2 aromatic rings. The molecule has 5 rings (SSSR count). The normalized spacial score (nSPS) is 27.4. The van der Waals surface area contributed by atoms with E-state index in [2.05, 4.69) is 4.90 Å². The fraction of sp³-hybridized carbons (Fsp3) is 0.536. The third-order valence-electron chi connectivity index (χ3n) is 8.52. The number of ether oxygens (including phenoxy) is 1. The molecule has 2 saturated heterocycles. The summed E-state index contributed by atoms with van der Waals surface area (Å²) in [7, 11) is 0. The van der Waals surface area contributed by atoms with Crippen LogP contribution in [-0.2, 0) is 4.79 Å². The zero-order chi connectivity index (χ0) is 26.5. The number of carboxylic acids is 1. The quantitative estimate of drug-likeness (QED) is 0.378. The average molecular weight is 570 g/mol.